The quantitative estimate of drug-likeness (QED) is 0.817. The molecule has 1 unspecified atom stereocenters. The lowest BCUT2D eigenvalue weighted by atomic mass is 10.0. The molecule has 1 saturated heterocycles. The second kappa shape index (κ2) is 4.77. The van der Waals surface area contributed by atoms with Gasteiger partial charge in [0.05, 0.1) is 6.10 Å². The van der Waals surface area contributed by atoms with Crippen molar-refractivity contribution in [2.24, 2.45) is 0 Å². The Hall–Kier alpha value is -0.860. The van der Waals surface area contributed by atoms with Crippen LogP contribution in [0.5, 0.6) is 0 Å². The summed E-state index contributed by atoms with van der Waals surface area (Å²) in [5.41, 5.74) is 2.26. The van der Waals surface area contributed by atoms with E-state index in [2.05, 4.69) is 17.9 Å². The Kier molecular flexibility index (Phi) is 3.39. The fourth-order valence-electron chi connectivity index (χ4n) is 2.27. The molecule has 1 aromatic rings. The Bertz CT molecular complexity index is 318. The van der Waals surface area contributed by atoms with Crippen molar-refractivity contribution in [1.82, 2.24) is 4.90 Å². The summed E-state index contributed by atoms with van der Waals surface area (Å²) in [6.07, 6.45) is 2.23. The first-order valence-corrected chi connectivity index (χ1v) is 5.73. The average Bonchev–Trinajstić information content (AvgIpc) is 2.71. The molecule has 0 saturated carbocycles. The van der Waals surface area contributed by atoms with Crippen LogP contribution in [0.2, 0.25) is 0 Å². The lowest BCUT2D eigenvalue weighted by molar-refractivity contribution is 0.125. The summed E-state index contributed by atoms with van der Waals surface area (Å²) in [5.74, 6) is 0. The van der Waals surface area contributed by atoms with Gasteiger partial charge in [-0.25, -0.2) is 0 Å². The number of nitrogens with zero attached hydrogens (tertiary/aromatic N) is 1. The molecule has 0 aromatic heterocycles. The van der Waals surface area contributed by atoms with Crippen LogP contribution >= 0.6 is 0 Å². The zero-order valence-electron chi connectivity index (χ0n) is 9.32. The molecular formula is C13H19NO. The highest BCUT2D eigenvalue weighted by Gasteiger charge is 2.17. The van der Waals surface area contributed by atoms with Crippen LogP contribution in [0.15, 0.2) is 24.3 Å². The Morgan fingerprint density at radius 3 is 2.60 bits per heavy atom. The van der Waals surface area contributed by atoms with Gasteiger partial charge in [-0.05, 0) is 44.0 Å². The lowest BCUT2D eigenvalue weighted by Gasteiger charge is -2.20. The van der Waals surface area contributed by atoms with Gasteiger partial charge in [-0.15, -0.1) is 0 Å². The van der Waals surface area contributed by atoms with Crippen LogP contribution in [0.3, 0.4) is 0 Å². The van der Waals surface area contributed by atoms with Gasteiger partial charge in [-0.3, -0.25) is 0 Å². The minimum absolute atomic E-state index is 0.329. The molecule has 2 nitrogen and oxygen atoms in total. The van der Waals surface area contributed by atoms with Crippen molar-refractivity contribution >= 4 is 0 Å². The second-order valence-electron chi connectivity index (χ2n) is 4.38. The number of aryl methyl sites for hydroxylation is 1. The zero-order chi connectivity index (χ0) is 10.7. The van der Waals surface area contributed by atoms with E-state index >= 15 is 0 Å². The lowest BCUT2D eigenvalue weighted by Crippen LogP contribution is -2.25. The maximum absolute atomic E-state index is 10.1. The maximum atomic E-state index is 10.1. The highest BCUT2D eigenvalue weighted by atomic mass is 16.3. The smallest absolute Gasteiger partial charge is 0.0919 e. The molecule has 0 aliphatic carbocycles. The molecule has 0 bridgehead atoms. The number of rotatable bonds is 3. The van der Waals surface area contributed by atoms with Crippen molar-refractivity contribution < 1.29 is 5.11 Å². The van der Waals surface area contributed by atoms with Crippen LogP contribution < -0.4 is 0 Å². The van der Waals surface area contributed by atoms with Crippen LogP contribution in [0.25, 0.3) is 0 Å². The van der Waals surface area contributed by atoms with Gasteiger partial charge < -0.3 is 10.0 Å². The summed E-state index contributed by atoms with van der Waals surface area (Å²) in [7, 11) is 0. The Balaban J connectivity index is 2.00. The number of likely N-dealkylation sites (tertiary alicyclic amines) is 1. The van der Waals surface area contributed by atoms with Crippen molar-refractivity contribution in [2.45, 2.75) is 25.9 Å². The Morgan fingerprint density at radius 1 is 1.27 bits per heavy atom. The van der Waals surface area contributed by atoms with Gasteiger partial charge in [0.2, 0.25) is 0 Å². The molecule has 1 aromatic carbocycles. The molecule has 1 aliphatic heterocycles. The van der Waals surface area contributed by atoms with Gasteiger partial charge in [0.15, 0.2) is 0 Å². The van der Waals surface area contributed by atoms with E-state index in [-0.39, 0.29) is 6.10 Å². The third-order valence-corrected chi connectivity index (χ3v) is 3.18. The Morgan fingerprint density at radius 2 is 1.93 bits per heavy atom. The van der Waals surface area contributed by atoms with Crippen molar-refractivity contribution in [3.05, 3.63) is 35.4 Å². The minimum Gasteiger partial charge on any atom is -0.387 e. The normalized spacial score (nSPS) is 19.3. The molecule has 1 N–H and O–H groups in total. The number of hydrogen-bond acceptors (Lipinski definition) is 2. The minimum atomic E-state index is -0.329. The first-order chi connectivity index (χ1) is 7.27. The third-order valence-electron chi connectivity index (χ3n) is 3.18. The van der Waals surface area contributed by atoms with Crippen molar-refractivity contribution in [3.8, 4) is 0 Å². The van der Waals surface area contributed by atoms with E-state index in [9.17, 15) is 5.11 Å². The summed E-state index contributed by atoms with van der Waals surface area (Å²) >= 11 is 0. The van der Waals surface area contributed by atoms with Gasteiger partial charge in [0.1, 0.15) is 0 Å². The highest BCUT2D eigenvalue weighted by Crippen LogP contribution is 2.20. The third kappa shape index (κ3) is 2.58. The zero-order valence-corrected chi connectivity index (χ0v) is 9.32. The molecule has 0 radical (unpaired) electrons. The molecule has 1 heterocycles. The largest absolute Gasteiger partial charge is 0.387 e. The van der Waals surface area contributed by atoms with E-state index in [1.54, 1.807) is 0 Å². The number of aliphatic hydroxyl groups is 1. The van der Waals surface area contributed by atoms with Crippen LogP contribution in [-0.2, 0) is 0 Å². The van der Waals surface area contributed by atoms with Gasteiger partial charge in [-0.2, -0.15) is 0 Å². The first kappa shape index (κ1) is 10.7. The predicted molar refractivity (Wildman–Crippen MR) is 61.8 cm³/mol. The fraction of sp³-hybridized carbons (Fsp3) is 0.538. The summed E-state index contributed by atoms with van der Waals surface area (Å²) in [6.45, 7) is 5.12. The highest BCUT2D eigenvalue weighted by molar-refractivity contribution is 5.27. The van der Waals surface area contributed by atoms with Crippen LogP contribution in [0.1, 0.15) is 30.1 Å². The summed E-state index contributed by atoms with van der Waals surface area (Å²) < 4.78 is 0. The molecule has 2 rings (SSSR count). The van der Waals surface area contributed by atoms with E-state index < -0.39 is 0 Å². The second-order valence-corrected chi connectivity index (χ2v) is 4.38. The van der Waals surface area contributed by atoms with Gasteiger partial charge in [0, 0.05) is 6.54 Å². The summed E-state index contributed by atoms with van der Waals surface area (Å²) in [6, 6.07) is 8.09. The van der Waals surface area contributed by atoms with E-state index in [0.29, 0.717) is 0 Å². The molecule has 0 amide bonds. The van der Waals surface area contributed by atoms with E-state index in [4.69, 9.17) is 0 Å². The maximum Gasteiger partial charge on any atom is 0.0919 e. The number of β-amino-alcohol motifs (C(OH)–C–C–N with tert-alkyl or cyclic N) is 1. The monoisotopic (exact) mass is 205 g/mol. The summed E-state index contributed by atoms with van der Waals surface area (Å²) in [4.78, 5) is 2.34. The van der Waals surface area contributed by atoms with Crippen LogP contribution in [0, 0.1) is 6.92 Å². The van der Waals surface area contributed by atoms with E-state index in [1.165, 1.54) is 18.4 Å². The number of benzene rings is 1. The number of aliphatic hydroxyl groups excluding tert-OH is 1. The fourth-order valence-corrected chi connectivity index (χ4v) is 2.27. The molecule has 2 heteroatoms. The molecule has 82 valence electrons. The molecule has 1 fully saturated rings. The van der Waals surface area contributed by atoms with Crippen molar-refractivity contribution in [3.63, 3.8) is 0 Å². The standard InChI is InChI=1S/C13H19NO/c1-11-6-2-3-7-12(11)13(15)10-14-8-4-5-9-14/h2-3,6-7,13,15H,4-5,8-10H2,1H3. The predicted octanol–water partition coefficient (Wildman–Crippen LogP) is 2.12. The molecule has 1 aliphatic rings. The van der Waals surface area contributed by atoms with Crippen LogP contribution in [-0.4, -0.2) is 29.6 Å². The van der Waals surface area contributed by atoms with Gasteiger partial charge in [0.25, 0.3) is 0 Å². The van der Waals surface area contributed by atoms with Gasteiger partial charge in [-0.1, -0.05) is 24.3 Å². The average molecular weight is 205 g/mol. The topological polar surface area (TPSA) is 23.5 Å². The summed E-state index contributed by atoms with van der Waals surface area (Å²) in [5, 5.41) is 10.1. The molecule has 0 spiro atoms. The van der Waals surface area contributed by atoms with E-state index in [0.717, 1.165) is 25.2 Å². The van der Waals surface area contributed by atoms with Crippen molar-refractivity contribution in [1.29, 1.82) is 0 Å². The molecule has 15 heavy (non-hydrogen) atoms. The first-order valence-electron chi connectivity index (χ1n) is 5.73. The van der Waals surface area contributed by atoms with E-state index in [1.807, 2.05) is 18.2 Å². The van der Waals surface area contributed by atoms with Crippen molar-refractivity contribution in [2.75, 3.05) is 19.6 Å². The Labute approximate surface area is 91.5 Å². The SMILES string of the molecule is Cc1ccccc1C(O)CN1CCCC1. The van der Waals surface area contributed by atoms with Crippen LogP contribution in [0.4, 0.5) is 0 Å². The molecule has 1 atom stereocenters. The number of hydrogen-bond donors (Lipinski definition) is 1. The molecular weight excluding hydrogens is 186 g/mol. The van der Waals surface area contributed by atoms with Gasteiger partial charge >= 0.3 is 0 Å².